The van der Waals surface area contributed by atoms with Gasteiger partial charge in [-0.25, -0.2) is 0 Å². The third-order valence-corrected chi connectivity index (χ3v) is 9.72. The topological polar surface area (TPSA) is 37.3 Å². The van der Waals surface area contributed by atoms with Crippen molar-refractivity contribution in [3.63, 3.8) is 0 Å². The summed E-state index contributed by atoms with van der Waals surface area (Å²) in [4.78, 5) is 10.9. The van der Waals surface area contributed by atoms with Gasteiger partial charge in [0, 0.05) is 6.42 Å². The first kappa shape index (κ1) is 17.9. The van der Waals surface area contributed by atoms with Crippen molar-refractivity contribution in [2.75, 3.05) is 0 Å². The summed E-state index contributed by atoms with van der Waals surface area (Å²) >= 11 is 0. The van der Waals surface area contributed by atoms with Crippen LogP contribution in [0.1, 0.15) is 97.3 Å². The monoisotopic (exact) mass is 346 g/mol. The molecule has 4 saturated carbocycles. The summed E-state index contributed by atoms with van der Waals surface area (Å²) in [5, 5.41) is 8.98. The van der Waals surface area contributed by atoms with Crippen LogP contribution >= 0.6 is 0 Å². The number of carboxylic acids is 1. The van der Waals surface area contributed by atoms with Crippen LogP contribution in [0.25, 0.3) is 0 Å². The predicted molar refractivity (Wildman–Crippen MR) is 101 cm³/mol. The van der Waals surface area contributed by atoms with E-state index < -0.39 is 5.97 Å². The number of aliphatic carboxylic acids is 1. The van der Waals surface area contributed by atoms with E-state index in [1.807, 2.05) is 0 Å². The van der Waals surface area contributed by atoms with Crippen LogP contribution in [0.4, 0.5) is 0 Å². The Balaban J connectivity index is 1.48. The van der Waals surface area contributed by atoms with Crippen molar-refractivity contribution in [3.8, 4) is 0 Å². The van der Waals surface area contributed by atoms with E-state index in [-0.39, 0.29) is 0 Å². The van der Waals surface area contributed by atoms with Gasteiger partial charge in [-0.2, -0.15) is 0 Å². The van der Waals surface area contributed by atoms with Crippen LogP contribution in [0.5, 0.6) is 0 Å². The molecule has 0 saturated heterocycles. The fourth-order valence-corrected chi connectivity index (χ4v) is 8.38. The third-order valence-electron chi connectivity index (χ3n) is 9.72. The second kappa shape index (κ2) is 6.57. The van der Waals surface area contributed by atoms with Gasteiger partial charge in [-0.3, -0.25) is 4.79 Å². The second-order valence-corrected chi connectivity index (χ2v) is 10.5. The molecule has 0 aliphatic heterocycles. The highest BCUT2D eigenvalue weighted by Gasteiger charge is 2.59. The molecular weight excluding hydrogens is 308 g/mol. The number of carbonyl (C=O) groups is 1. The summed E-state index contributed by atoms with van der Waals surface area (Å²) in [7, 11) is 0. The first-order chi connectivity index (χ1) is 11.9. The Labute approximate surface area is 154 Å². The fourth-order valence-electron chi connectivity index (χ4n) is 8.38. The van der Waals surface area contributed by atoms with Gasteiger partial charge < -0.3 is 5.11 Å². The van der Waals surface area contributed by atoms with E-state index in [1.54, 1.807) is 0 Å². The lowest BCUT2D eigenvalue weighted by atomic mass is 9.45. The zero-order valence-corrected chi connectivity index (χ0v) is 16.4. The van der Waals surface area contributed by atoms with E-state index in [0.29, 0.717) is 17.3 Å². The summed E-state index contributed by atoms with van der Waals surface area (Å²) in [6, 6.07) is 0. The van der Waals surface area contributed by atoms with Gasteiger partial charge in [-0.05, 0) is 105 Å². The normalized spacial score (nSPS) is 49.1. The number of carboxylic acid groups (broad SMARTS) is 1. The maximum atomic E-state index is 10.9. The zero-order chi connectivity index (χ0) is 17.7. The molecule has 4 unspecified atom stereocenters. The van der Waals surface area contributed by atoms with Crippen LogP contribution in [-0.4, -0.2) is 11.1 Å². The molecule has 0 aromatic heterocycles. The second-order valence-electron chi connectivity index (χ2n) is 10.5. The van der Waals surface area contributed by atoms with Gasteiger partial charge >= 0.3 is 5.97 Å². The molecule has 2 heteroatoms. The molecule has 1 N–H and O–H groups in total. The van der Waals surface area contributed by atoms with Gasteiger partial charge in [-0.15, -0.1) is 0 Å². The van der Waals surface area contributed by atoms with Crippen LogP contribution < -0.4 is 0 Å². The van der Waals surface area contributed by atoms with Crippen LogP contribution in [0.2, 0.25) is 0 Å². The fraction of sp³-hybridized carbons (Fsp3) is 0.957. The van der Waals surface area contributed by atoms with Crippen molar-refractivity contribution in [3.05, 3.63) is 0 Å². The first-order valence-corrected chi connectivity index (χ1v) is 11.2. The Kier molecular flexibility index (Phi) is 4.69. The third kappa shape index (κ3) is 2.86. The van der Waals surface area contributed by atoms with Gasteiger partial charge in [-0.1, -0.05) is 26.7 Å². The van der Waals surface area contributed by atoms with Crippen LogP contribution in [0.3, 0.4) is 0 Å². The zero-order valence-electron chi connectivity index (χ0n) is 16.4. The van der Waals surface area contributed by atoms with Crippen LogP contribution in [0, 0.1) is 40.4 Å². The molecule has 0 aromatic rings. The minimum Gasteiger partial charge on any atom is -0.481 e. The highest BCUT2D eigenvalue weighted by Crippen LogP contribution is 2.67. The quantitative estimate of drug-likeness (QED) is 0.649. The molecule has 0 aromatic carbocycles. The molecule has 0 heterocycles. The summed E-state index contributed by atoms with van der Waals surface area (Å²) in [6.45, 7) is 5.25. The maximum Gasteiger partial charge on any atom is 0.303 e. The molecule has 4 aliphatic carbocycles. The molecule has 0 amide bonds. The van der Waals surface area contributed by atoms with Gasteiger partial charge in [0.25, 0.3) is 0 Å². The van der Waals surface area contributed by atoms with E-state index >= 15 is 0 Å². The Bertz CT molecular complexity index is 514. The SMILES string of the molecule is C[C@]12CCCCC1CCC1C2CC[C@@]2(C)C1CC[C@@H]2CCCC(=O)O. The molecule has 2 nitrogen and oxygen atoms in total. The standard InChI is InChI=1S/C23H38O2/c1-22-14-4-3-6-16(22)9-11-18-19-12-10-17(7-5-8-21(24)25)23(19,2)15-13-20(18)22/h16-20H,3-15H2,1-2H3,(H,24,25)/t16?,17-,18?,19?,20?,22-,23+/m0/s1. The largest absolute Gasteiger partial charge is 0.481 e. The van der Waals surface area contributed by atoms with E-state index in [9.17, 15) is 4.79 Å². The Morgan fingerprint density at radius 3 is 2.52 bits per heavy atom. The molecule has 0 radical (unpaired) electrons. The van der Waals surface area contributed by atoms with Gasteiger partial charge in [0.2, 0.25) is 0 Å². The molecule has 0 bridgehead atoms. The molecule has 4 rings (SSSR count). The average Bonchev–Trinajstić information content (AvgIpc) is 2.91. The lowest BCUT2D eigenvalue weighted by Gasteiger charge is -2.60. The molecule has 142 valence electrons. The molecule has 0 spiro atoms. The van der Waals surface area contributed by atoms with Crippen LogP contribution in [-0.2, 0) is 4.79 Å². The van der Waals surface area contributed by atoms with Crippen molar-refractivity contribution >= 4 is 5.97 Å². The van der Waals surface area contributed by atoms with E-state index in [4.69, 9.17) is 5.11 Å². The molecular formula is C23H38O2. The minimum absolute atomic E-state index is 0.364. The number of hydrogen-bond acceptors (Lipinski definition) is 1. The summed E-state index contributed by atoms with van der Waals surface area (Å²) < 4.78 is 0. The summed E-state index contributed by atoms with van der Waals surface area (Å²) in [6.07, 6.45) is 17.0. The predicted octanol–water partition coefficient (Wildman–Crippen LogP) is 6.29. The van der Waals surface area contributed by atoms with Gasteiger partial charge in [0.05, 0.1) is 0 Å². The Hall–Kier alpha value is -0.530. The van der Waals surface area contributed by atoms with E-state index in [1.165, 1.54) is 64.2 Å². The first-order valence-electron chi connectivity index (χ1n) is 11.2. The number of fused-ring (bicyclic) bond motifs is 5. The lowest BCUT2D eigenvalue weighted by Crippen LogP contribution is -2.52. The number of hydrogen-bond donors (Lipinski definition) is 1. The van der Waals surface area contributed by atoms with Gasteiger partial charge in [0.15, 0.2) is 0 Å². The van der Waals surface area contributed by atoms with Crippen molar-refractivity contribution in [2.45, 2.75) is 97.3 Å². The van der Waals surface area contributed by atoms with Crippen molar-refractivity contribution in [1.29, 1.82) is 0 Å². The summed E-state index contributed by atoms with van der Waals surface area (Å²) in [5.74, 6) is 4.08. The van der Waals surface area contributed by atoms with Crippen molar-refractivity contribution in [1.82, 2.24) is 0 Å². The van der Waals surface area contributed by atoms with Gasteiger partial charge in [0.1, 0.15) is 0 Å². The average molecular weight is 347 g/mol. The highest BCUT2D eigenvalue weighted by atomic mass is 16.4. The lowest BCUT2D eigenvalue weighted by molar-refractivity contribution is -0.137. The molecule has 7 atom stereocenters. The van der Waals surface area contributed by atoms with E-state index in [2.05, 4.69) is 13.8 Å². The summed E-state index contributed by atoms with van der Waals surface area (Å²) in [5.41, 5.74) is 1.15. The number of rotatable bonds is 4. The molecule has 4 aliphatic rings. The highest BCUT2D eigenvalue weighted by molar-refractivity contribution is 5.66. The Morgan fingerprint density at radius 2 is 1.72 bits per heavy atom. The van der Waals surface area contributed by atoms with Crippen molar-refractivity contribution in [2.24, 2.45) is 40.4 Å². The maximum absolute atomic E-state index is 10.9. The smallest absolute Gasteiger partial charge is 0.303 e. The Morgan fingerprint density at radius 1 is 0.920 bits per heavy atom. The van der Waals surface area contributed by atoms with E-state index in [0.717, 1.165) is 42.4 Å². The minimum atomic E-state index is -0.619. The van der Waals surface area contributed by atoms with Crippen molar-refractivity contribution < 1.29 is 9.90 Å². The molecule has 4 fully saturated rings. The van der Waals surface area contributed by atoms with Crippen LogP contribution in [0.15, 0.2) is 0 Å². The molecule has 25 heavy (non-hydrogen) atoms.